The summed E-state index contributed by atoms with van der Waals surface area (Å²) in [4.78, 5) is 25.9. The zero-order valence-corrected chi connectivity index (χ0v) is 11.0. The molecular weight excluding hydrogens is 242 g/mol. The predicted octanol–water partition coefficient (Wildman–Crippen LogP) is 0.542. The number of amides is 2. The van der Waals surface area contributed by atoms with E-state index in [4.69, 9.17) is 0 Å². The van der Waals surface area contributed by atoms with Gasteiger partial charge in [-0.1, -0.05) is 6.92 Å². The highest BCUT2D eigenvalue weighted by Gasteiger charge is 2.31. The van der Waals surface area contributed by atoms with Crippen LogP contribution in [0.5, 0.6) is 0 Å². The quantitative estimate of drug-likeness (QED) is 0.761. The van der Waals surface area contributed by atoms with Crippen LogP contribution in [-0.2, 0) is 6.42 Å². The van der Waals surface area contributed by atoms with Crippen molar-refractivity contribution in [3.8, 4) is 0 Å². The number of rotatable bonds is 2. The summed E-state index contributed by atoms with van der Waals surface area (Å²) in [6.45, 7) is 5.79. The molecule has 1 aromatic rings. The van der Waals surface area contributed by atoms with Crippen LogP contribution in [0.4, 0.5) is 5.69 Å². The van der Waals surface area contributed by atoms with Crippen LogP contribution >= 0.6 is 0 Å². The first-order valence-corrected chi connectivity index (χ1v) is 6.69. The molecule has 2 heterocycles. The number of carbonyl (C=O) groups is 2. The second-order valence-electron chi connectivity index (χ2n) is 4.86. The average Bonchev–Trinajstić information content (AvgIpc) is 2.74. The maximum Gasteiger partial charge on any atom is 0.259 e. The zero-order valence-electron chi connectivity index (χ0n) is 11.0. The van der Waals surface area contributed by atoms with Gasteiger partial charge in [0, 0.05) is 31.9 Å². The van der Waals surface area contributed by atoms with Crippen LogP contribution in [0.25, 0.3) is 0 Å². The Morgan fingerprint density at radius 2 is 1.89 bits per heavy atom. The smallest absolute Gasteiger partial charge is 0.259 e. The Morgan fingerprint density at radius 1 is 1.16 bits per heavy atom. The minimum Gasteiger partial charge on any atom is -0.369 e. The van der Waals surface area contributed by atoms with E-state index in [2.05, 4.69) is 15.5 Å². The molecule has 5 nitrogen and oxygen atoms in total. The van der Waals surface area contributed by atoms with Crippen LogP contribution in [0.15, 0.2) is 12.1 Å². The van der Waals surface area contributed by atoms with E-state index in [0.29, 0.717) is 11.1 Å². The van der Waals surface area contributed by atoms with Gasteiger partial charge in [-0.15, -0.1) is 0 Å². The van der Waals surface area contributed by atoms with Gasteiger partial charge in [-0.05, 0) is 24.1 Å². The summed E-state index contributed by atoms with van der Waals surface area (Å²) < 4.78 is 0. The molecule has 1 fully saturated rings. The third kappa shape index (κ3) is 1.90. The van der Waals surface area contributed by atoms with E-state index in [1.54, 1.807) is 6.07 Å². The average molecular weight is 259 g/mol. The number of hydrogen-bond donors (Lipinski definition) is 2. The molecule has 0 bridgehead atoms. The molecule has 2 aliphatic heterocycles. The summed E-state index contributed by atoms with van der Waals surface area (Å²) >= 11 is 0. The van der Waals surface area contributed by atoms with Crippen molar-refractivity contribution in [2.45, 2.75) is 13.3 Å². The molecule has 1 aromatic carbocycles. The van der Waals surface area contributed by atoms with Crippen molar-refractivity contribution >= 4 is 17.5 Å². The number of nitrogens with zero attached hydrogens (tertiary/aromatic N) is 1. The van der Waals surface area contributed by atoms with E-state index in [1.165, 1.54) is 0 Å². The Labute approximate surface area is 112 Å². The highest BCUT2D eigenvalue weighted by Crippen LogP contribution is 2.30. The predicted molar refractivity (Wildman–Crippen MR) is 72.7 cm³/mol. The van der Waals surface area contributed by atoms with Gasteiger partial charge in [0.25, 0.3) is 11.8 Å². The Morgan fingerprint density at radius 3 is 2.58 bits per heavy atom. The van der Waals surface area contributed by atoms with E-state index in [-0.39, 0.29) is 11.8 Å². The topological polar surface area (TPSA) is 61.4 Å². The Balaban J connectivity index is 2.09. The highest BCUT2D eigenvalue weighted by molar-refractivity contribution is 6.22. The Bertz CT molecular complexity index is 548. The minimum absolute atomic E-state index is 0.256. The van der Waals surface area contributed by atoms with Crippen molar-refractivity contribution in [1.29, 1.82) is 0 Å². The molecule has 0 unspecified atom stereocenters. The molecule has 19 heavy (non-hydrogen) atoms. The van der Waals surface area contributed by atoms with E-state index < -0.39 is 0 Å². The van der Waals surface area contributed by atoms with E-state index in [9.17, 15) is 9.59 Å². The van der Waals surface area contributed by atoms with Gasteiger partial charge in [0.1, 0.15) is 0 Å². The molecule has 0 aromatic heterocycles. The minimum atomic E-state index is -0.276. The summed E-state index contributed by atoms with van der Waals surface area (Å²) in [5, 5.41) is 5.69. The van der Waals surface area contributed by atoms with Crippen molar-refractivity contribution in [3.05, 3.63) is 28.8 Å². The summed E-state index contributed by atoms with van der Waals surface area (Å²) in [5.41, 5.74) is 3.17. The van der Waals surface area contributed by atoms with Crippen molar-refractivity contribution < 1.29 is 9.59 Å². The molecule has 0 atom stereocenters. The summed E-state index contributed by atoms with van der Waals surface area (Å²) in [5.74, 6) is -0.532. The van der Waals surface area contributed by atoms with E-state index in [1.807, 2.05) is 13.0 Å². The molecule has 100 valence electrons. The highest BCUT2D eigenvalue weighted by atomic mass is 16.2. The first kappa shape index (κ1) is 12.2. The van der Waals surface area contributed by atoms with Crippen molar-refractivity contribution in [2.75, 3.05) is 31.1 Å². The maximum absolute atomic E-state index is 11.9. The third-order valence-electron chi connectivity index (χ3n) is 3.80. The molecule has 2 N–H and O–H groups in total. The number of imide groups is 1. The van der Waals surface area contributed by atoms with Crippen LogP contribution in [0, 0.1) is 0 Å². The SMILES string of the molecule is CCc1c(N2CCNCC2)ccc2c1C(=O)NC2=O. The van der Waals surface area contributed by atoms with Gasteiger partial charge < -0.3 is 10.2 Å². The normalized spacial score (nSPS) is 18.5. The summed E-state index contributed by atoms with van der Waals surface area (Å²) in [6, 6.07) is 3.74. The standard InChI is InChI=1S/C14H17N3O2/c1-2-9-11(17-7-5-15-6-8-17)4-3-10-12(9)14(19)16-13(10)18/h3-4,15H,2,5-8H2,1H3,(H,16,18,19). The van der Waals surface area contributed by atoms with Crippen LogP contribution in [0.3, 0.4) is 0 Å². The summed E-state index contributed by atoms with van der Waals surface area (Å²) in [7, 11) is 0. The number of benzene rings is 1. The largest absolute Gasteiger partial charge is 0.369 e. The first-order valence-electron chi connectivity index (χ1n) is 6.69. The molecular formula is C14H17N3O2. The summed E-state index contributed by atoms with van der Waals surface area (Å²) in [6.07, 6.45) is 0.753. The monoisotopic (exact) mass is 259 g/mol. The van der Waals surface area contributed by atoms with Gasteiger partial charge >= 0.3 is 0 Å². The molecule has 2 amide bonds. The lowest BCUT2D eigenvalue weighted by atomic mass is 9.97. The number of fused-ring (bicyclic) bond motifs is 1. The first-order chi connectivity index (χ1) is 9.22. The second-order valence-corrected chi connectivity index (χ2v) is 4.86. The number of carbonyl (C=O) groups excluding carboxylic acids is 2. The Kier molecular flexibility index (Phi) is 2.98. The fourth-order valence-corrected chi connectivity index (χ4v) is 2.88. The Hall–Kier alpha value is -1.88. The molecule has 5 heteroatoms. The molecule has 1 saturated heterocycles. The van der Waals surface area contributed by atoms with E-state index in [0.717, 1.165) is 43.9 Å². The van der Waals surface area contributed by atoms with E-state index >= 15 is 0 Å². The number of hydrogen-bond acceptors (Lipinski definition) is 4. The van der Waals surface area contributed by atoms with Crippen molar-refractivity contribution in [2.24, 2.45) is 0 Å². The molecule has 3 rings (SSSR count). The molecule has 2 aliphatic rings. The lowest BCUT2D eigenvalue weighted by Crippen LogP contribution is -2.44. The maximum atomic E-state index is 11.9. The molecule has 0 saturated carbocycles. The number of nitrogens with one attached hydrogen (secondary N) is 2. The number of anilines is 1. The number of piperazine rings is 1. The van der Waals surface area contributed by atoms with Gasteiger partial charge in [-0.25, -0.2) is 0 Å². The lowest BCUT2D eigenvalue weighted by Gasteiger charge is -2.31. The molecule has 0 spiro atoms. The van der Waals surface area contributed by atoms with Crippen LogP contribution in [0.1, 0.15) is 33.2 Å². The van der Waals surface area contributed by atoms with Crippen LogP contribution in [-0.4, -0.2) is 38.0 Å². The second kappa shape index (κ2) is 4.66. The van der Waals surface area contributed by atoms with Gasteiger partial charge in [-0.2, -0.15) is 0 Å². The van der Waals surface area contributed by atoms with Gasteiger partial charge in [0.15, 0.2) is 0 Å². The molecule has 0 aliphatic carbocycles. The van der Waals surface area contributed by atoms with Crippen LogP contribution < -0.4 is 15.5 Å². The fraction of sp³-hybridized carbons (Fsp3) is 0.429. The zero-order chi connectivity index (χ0) is 13.4. The van der Waals surface area contributed by atoms with Crippen molar-refractivity contribution in [3.63, 3.8) is 0 Å². The lowest BCUT2D eigenvalue weighted by molar-refractivity contribution is 0.0879. The van der Waals surface area contributed by atoms with Gasteiger partial charge in [-0.3, -0.25) is 14.9 Å². The van der Waals surface area contributed by atoms with Gasteiger partial charge in [0.2, 0.25) is 0 Å². The fourth-order valence-electron chi connectivity index (χ4n) is 2.88. The van der Waals surface area contributed by atoms with Gasteiger partial charge in [0.05, 0.1) is 11.1 Å². The third-order valence-corrected chi connectivity index (χ3v) is 3.80. The van der Waals surface area contributed by atoms with Crippen molar-refractivity contribution in [1.82, 2.24) is 10.6 Å². The molecule has 0 radical (unpaired) electrons. The van der Waals surface area contributed by atoms with Crippen LogP contribution in [0.2, 0.25) is 0 Å².